The summed E-state index contributed by atoms with van der Waals surface area (Å²) in [5, 5.41) is 3.45. The van der Waals surface area contributed by atoms with Crippen LogP contribution >= 0.6 is 0 Å². The molecule has 0 bridgehead atoms. The van der Waals surface area contributed by atoms with Crippen LogP contribution in [0.1, 0.15) is 6.92 Å². The summed E-state index contributed by atoms with van der Waals surface area (Å²) in [4.78, 5) is 24.3. The zero-order chi connectivity index (χ0) is 17.1. The van der Waals surface area contributed by atoms with Crippen molar-refractivity contribution < 1.29 is 9.53 Å². The second-order valence-electron chi connectivity index (χ2n) is 5.48. The number of nitrogens with zero attached hydrogens (tertiary/aromatic N) is 2. The van der Waals surface area contributed by atoms with Crippen molar-refractivity contribution in [1.82, 2.24) is 9.13 Å². The number of rotatable bonds is 5. The molecule has 0 saturated heterocycles. The number of carbonyl (C=O) groups is 1. The van der Waals surface area contributed by atoms with Gasteiger partial charge in [-0.05, 0) is 43.3 Å². The average molecular weight is 325 g/mol. The van der Waals surface area contributed by atoms with Crippen molar-refractivity contribution in [2.75, 3.05) is 11.9 Å². The molecule has 1 aromatic carbocycles. The van der Waals surface area contributed by atoms with Crippen molar-refractivity contribution in [2.24, 2.45) is 7.05 Å². The van der Waals surface area contributed by atoms with E-state index in [1.165, 1.54) is 4.57 Å². The minimum absolute atomic E-state index is 0.0711. The quantitative estimate of drug-likeness (QED) is 0.783. The van der Waals surface area contributed by atoms with E-state index in [1.54, 1.807) is 42.2 Å². The van der Waals surface area contributed by atoms with Gasteiger partial charge in [0.2, 0.25) is 5.91 Å². The Morgan fingerprint density at radius 1 is 1.12 bits per heavy atom. The molecule has 0 fully saturated rings. The number of benzene rings is 1. The fourth-order valence-corrected chi connectivity index (χ4v) is 2.59. The number of hydrogen-bond donors (Lipinski definition) is 1. The van der Waals surface area contributed by atoms with Crippen LogP contribution in [0.15, 0.2) is 53.6 Å². The van der Waals surface area contributed by atoms with Gasteiger partial charge in [0.25, 0.3) is 5.56 Å². The number of pyridine rings is 1. The largest absolute Gasteiger partial charge is 0.494 e. The normalized spacial score (nSPS) is 10.8. The molecule has 6 nitrogen and oxygen atoms in total. The first-order valence-corrected chi connectivity index (χ1v) is 7.75. The van der Waals surface area contributed by atoms with Gasteiger partial charge in [-0.3, -0.25) is 9.59 Å². The van der Waals surface area contributed by atoms with Gasteiger partial charge in [-0.15, -0.1) is 0 Å². The molecule has 124 valence electrons. The minimum Gasteiger partial charge on any atom is -0.494 e. The van der Waals surface area contributed by atoms with Crippen LogP contribution < -0.4 is 15.6 Å². The van der Waals surface area contributed by atoms with Crippen molar-refractivity contribution in [3.63, 3.8) is 0 Å². The molecule has 1 amide bonds. The fourth-order valence-electron chi connectivity index (χ4n) is 2.59. The number of carbonyl (C=O) groups excluding carboxylic acids is 1. The standard InChI is InChI=1S/C18H19N3O3/c1-3-24-14-6-4-13(5-7-14)19-17(22)12-21-11-8-15-16(21)9-10-20(2)18(15)23/h4-11H,3,12H2,1-2H3,(H,19,22). The highest BCUT2D eigenvalue weighted by atomic mass is 16.5. The summed E-state index contributed by atoms with van der Waals surface area (Å²) in [7, 11) is 1.71. The Bertz CT molecular complexity index is 923. The van der Waals surface area contributed by atoms with E-state index in [9.17, 15) is 9.59 Å². The lowest BCUT2D eigenvalue weighted by Gasteiger charge is -2.09. The topological polar surface area (TPSA) is 65.3 Å². The van der Waals surface area contributed by atoms with E-state index in [-0.39, 0.29) is 18.0 Å². The SMILES string of the molecule is CCOc1ccc(NC(=O)Cn2ccc3c(=O)n(C)ccc32)cc1. The predicted molar refractivity (Wildman–Crippen MR) is 93.4 cm³/mol. The Morgan fingerprint density at radius 2 is 1.88 bits per heavy atom. The van der Waals surface area contributed by atoms with Gasteiger partial charge in [0, 0.05) is 25.1 Å². The van der Waals surface area contributed by atoms with Crippen LogP contribution in [0.25, 0.3) is 10.9 Å². The van der Waals surface area contributed by atoms with Crippen LogP contribution in [0.4, 0.5) is 5.69 Å². The number of nitrogens with one attached hydrogen (secondary N) is 1. The molecule has 2 aromatic heterocycles. The summed E-state index contributed by atoms with van der Waals surface area (Å²) >= 11 is 0. The van der Waals surface area contributed by atoms with Crippen molar-refractivity contribution >= 4 is 22.5 Å². The maximum absolute atomic E-state index is 12.2. The van der Waals surface area contributed by atoms with Gasteiger partial charge in [-0.2, -0.15) is 0 Å². The summed E-state index contributed by atoms with van der Waals surface area (Å²) in [5.41, 5.74) is 1.38. The molecule has 3 rings (SSSR count). The van der Waals surface area contributed by atoms with Crippen molar-refractivity contribution in [1.29, 1.82) is 0 Å². The van der Waals surface area contributed by atoms with E-state index in [1.807, 2.05) is 25.1 Å². The molecule has 0 aliphatic rings. The van der Waals surface area contributed by atoms with Gasteiger partial charge in [0.05, 0.1) is 17.5 Å². The fraction of sp³-hybridized carbons (Fsp3) is 0.222. The smallest absolute Gasteiger partial charge is 0.259 e. The lowest BCUT2D eigenvalue weighted by molar-refractivity contribution is -0.116. The number of fused-ring (bicyclic) bond motifs is 1. The molecule has 0 spiro atoms. The zero-order valence-electron chi connectivity index (χ0n) is 13.7. The summed E-state index contributed by atoms with van der Waals surface area (Å²) in [6.07, 6.45) is 3.45. The van der Waals surface area contributed by atoms with Crippen LogP contribution in [0.5, 0.6) is 5.75 Å². The van der Waals surface area contributed by atoms with Crippen LogP contribution in [0, 0.1) is 0 Å². The monoisotopic (exact) mass is 325 g/mol. The van der Waals surface area contributed by atoms with Gasteiger partial charge < -0.3 is 19.2 Å². The Morgan fingerprint density at radius 3 is 2.58 bits per heavy atom. The molecular formula is C18H19N3O3. The highest BCUT2D eigenvalue weighted by Gasteiger charge is 2.09. The Kier molecular flexibility index (Phi) is 4.37. The summed E-state index contributed by atoms with van der Waals surface area (Å²) < 4.78 is 8.66. The molecule has 6 heteroatoms. The number of aryl methyl sites for hydroxylation is 1. The Hall–Kier alpha value is -3.02. The summed E-state index contributed by atoms with van der Waals surface area (Å²) in [6.45, 7) is 2.67. The number of hydrogen-bond acceptors (Lipinski definition) is 3. The predicted octanol–water partition coefficient (Wildman–Crippen LogP) is 2.38. The minimum atomic E-state index is -0.155. The summed E-state index contributed by atoms with van der Waals surface area (Å²) in [6, 6.07) is 10.8. The third-order valence-corrected chi connectivity index (χ3v) is 3.78. The molecule has 0 aliphatic heterocycles. The molecule has 24 heavy (non-hydrogen) atoms. The molecule has 2 heterocycles. The Balaban J connectivity index is 1.73. The highest BCUT2D eigenvalue weighted by Crippen LogP contribution is 2.16. The first kappa shape index (κ1) is 15.9. The van der Waals surface area contributed by atoms with E-state index in [0.717, 1.165) is 11.3 Å². The van der Waals surface area contributed by atoms with Crippen molar-refractivity contribution in [3.8, 4) is 5.75 Å². The highest BCUT2D eigenvalue weighted by molar-refractivity contribution is 5.92. The van der Waals surface area contributed by atoms with Gasteiger partial charge in [0.1, 0.15) is 12.3 Å². The van der Waals surface area contributed by atoms with Gasteiger partial charge >= 0.3 is 0 Å². The molecule has 0 radical (unpaired) electrons. The molecule has 0 saturated carbocycles. The van der Waals surface area contributed by atoms with E-state index in [0.29, 0.717) is 17.7 Å². The molecule has 0 unspecified atom stereocenters. The first-order chi connectivity index (χ1) is 11.6. The van der Waals surface area contributed by atoms with Crippen molar-refractivity contribution in [2.45, 2.75) is 13.5 Å². The third kappa shape index (κ3) is 3.17. The molecule has 1 N–H and O–H groups in total. The van der Waals surface area contributed by atoms with Crippen molar-refractivity contribution in [3.05, 3.63) is 59.1 Å². The molecule has 0 atom stereocenters. The van der Waals surface area contributed by atoms with E-state index in [2.05, 4.69) is 5.32 Å². The summed E-state index contributed by atoms with van der Waals surface area (Å²) in [5.74, 6) is 0.611. The molecule has 0 aliphatic carbocycles. The van der Waals surface area contributed by atoms with Crippen LogP contribution in [-0.2, 0) is 18.4 Å². The number of ether oxygens (including phenoxy) is 1. The van der Waals surface area contributed by atoms with Crippen LogP contribution in [-0.4, -0.2) is 21.6 Å². The second kappa shape index (κ2) is 6.62. The molecule has 3 aromatic rings. The number of amides is 1. The number of anilines is 1. The second-order valence-corrected chi connectivity index (χ2v) is 5.48. The van der Waals surface area contributed by atoms with Gasteiger partial charge in [-0.1, -0.05) is 0 Å². The van der Waals surface area contributed by atoms with E-state index in [4.69, 9.17) is 4.74 Å². The van der Waals surface area contributed by atoms with E-state index >= 15 is 0 Å². The van der Waals surface area contributed by atoms with E-state index < -0.39 is 0 Å². The lowest BCUT2D eigenvalue weighted by Crippen LogP contribution is -2.19. The van der Waals surface area contributed by atoms with Crippen LogP contribution in [0.3, 0.4) is 0 Å². The van der Waals surface area contributed by atoms with Crippen LogP contribution in [0.2, 0.25) is 0 Å². The first-order valence-electron chi connectivity index (χ1n) is 7.75. The maximum Gasteiger partial charge on any atom is 0.259 e. The zero-order valence-corrected chi connectivity index (χ0v) is 13.7. The third-order valence-electron chi connectivity index (χ3n) is 3.78. The number of aromatic nitrogens is 2. The Labute approximate surface area is 139 Å². The average Bonchev–Trinajstić information content (AvgIpc) is 2.96. The lowest BCUT2D eigenvalue weighted by atomic mass is 10.3. The molecular weight excluding hydrogens is 306 g/mol. The van der Waals surface area contributed by atoms with Gasteiger partial charge in [-0.25, -0.2) is 0 Å². The van der Waals surface area contributed by atoms with Gasteiger partial charge in [0.15, 0.2) is 0 Å². The maximum atomic E-state index is 12.2.